The fraction of sp³-hybridized carbons (Fsp3) is 0.400. The third kappa shape index (κ3) is 3.70. The molecule has 1 heterocycles. The zero-order valence-corrected chi connectivity index (χ0v) is 12.5. The molecule has 0 radical (unpaired) electrons. The summed E-state index contributed by atoms with van der Waals surface area (Å²) in [4.78, 5) is 4.18. The number of piperazine rings is 1. The SMILES string of the molecule is C=C(C)CNC(=S)N1CCN(c2ccccc2F)CC1. The van der Waals surface area contributed by atoms with Gasteiger partial charge in [-0.15, -0.1) is 0 Å². The van der Waals surface area contributed by atoms with Gasteiger partial charge in [0.05, 0.1) is 5.69 Å². The van der Waals surface area contributed by atoms with Crippen LogP contribution in [0.1, 0.15) is 6.92 Å². The predicted molar refractivity (Wildman–Crippen MR) is 85.6 cm³/mol. The van der Waals surface area contributed by atoms with E-state index in [0.717, 1.165) is 36.9 Å². The van der Waals surface area contributed by atoms with E-state index in [4.69, 9.17) is 12.2 Å². The Kier molecular flexibility index (Phi) is 4.95. The van der Waals surface area contributed by atoms with Crippen LogP contribution in [-0.4, -0.2) is 42.7 Å². The Morgan fingerprint density at radius 3 is 2.55 bits per heavy atom. The van der Waals surface area contributed by atoms with Gasteiger partial charge in [-0.2, -0.15) is 0 Å². The van der Waals surface area contributed by atoms with E-state index in [1.165, 1.54) is 6.07 Å². The largest absolute Gasteiger partial charge is 0.366 e. The lowest BCUT2D eigenvalue weighted by atomic mass is 10.2. The maximum absolute atomic E-state index is 13.7. The van der Waals surface area contributed by atoms with Crippen molar-refractivity contribution in [1.29, 1.82) is 0 Å². The Morgan fingerprint density at radius 2 is 1.95 bits per heavy atom. The number of hydrogen-bond acceptors (Lipinski definition) is 2. The van der Waals surface area contributed by atoms with E-state index in [-0.39, 0.29) is 5.82 Å². The van der Waals surface area contributed by atoms with Crippen LogP contribution in [0.3, 0.4) is 0 Å². The quantitative estimate of drug-likeness (QED) is 0.681. The van der Waals surface area contributed by atoms with Crippen molar-refractivity contribution < 1.29 is 4.39 Å². The van der Waals surface area contributed by atoms with Crippen LogP contribution in [0.15, 0.2) is 36.4 Å². The van der Waals surface area contributed by atoms with Crippen molar-refractivity contribution in [3.8, 4) is 0 Å². The van der Waals surface area contributed by atoms with Gasteiger partial charge < -0.3 is 15.1 Å². The molecule has 3 nitrogen and oxygen atoms in total. The van der Waals surface area contributed by atoms with Crippen LogP contribution < -0.4 is 10.2 Å². The Balaban J connectivity index is 1.88. The summed E-state index contributed by atoms with van der Waals surface area (Å²) in [6.07, 6.45) is 0. The van der Waals surface area contributed by atoms with Gasteiger partial charge in [-0.05, 0) is 31.3 Å². The second kappa shape index (κ2) is 6.70. The molecule has 0 unspecified atom stereocenters. The van der Waals surface area contributed by atoms with Crippen LogP contribution in [-0.2, 0) is 0 Å². The minimum atomic E-state index is -0.163. The highest BCUT2D eigenvalue weighted by Gasteiger charge is 2.20. The maximum atomic E-state index is 13.7. The molecule has 0 aromatic heterocycles. The van der Waals surface area contributed by atoms with E-state index in [9.17, 15) is 4.39 Å². The van der Waals surface area contributed by atoms with Gasteiger partial charge in [0.15, 0.2) is 5.11 Å². The molecule has 1 N–H and O–H groups in total. The first-order valence-electron chi connectivity index (χ1n) is 6.74. The number of thiocarbonyl (C=S) groups is 1. The summed E-state index contributed by atoms with van der Waals surface area (Å²) in [5.41, 5.74) is 1.73. The van der Waals surface area contributed by atoms with E-state index < -0.39 is 0 Å². The molecule has 0 atom stereocenters. The Morgan fingerprint density at radius 1 is 1.30 bits per heavy atom. The van der Waals surface area contributed by atoms with Crippen molar-refractivity contribution in [2.24, 2.45) is 0 Å². The van der Waals surface area contributed by atoms with Crippen LogP contribution in [0, 0.1) is 5.82 Å². The van der Waals surface area contributed by atoms with E-state index in [0.29, 0.717) is 12.2 Å². The highest BCUT2D eigenvalue weighted by atomic mass is 32.1. The zero-order chi connectivity index (χ0) is 14.5. The number of hydrogen-bond donors (Lipinski definition) is 1. The molecule has 0 amide bonds. The van der Waals surface area contributed by atoms with E-state index in [2.05, 4.69) is 21.7 Å². The average Bonchev–Trinajstić information content (AvgIpc) is 2.45. The van der Waals surface area contributed by atoms with Crippen molar-refractivity contribution in [2.45, 2.75) is 6.92 Å². The van der Waals surface area contributed by atoms with Crippen molar-refractivity contribution in [2.75, 3.05) is 37.6 Å². The van der Waals surface area contributed by atoms with Crippen molar-refractivity contribution in [3.63, 3.8) is 0 Å². The van der Waals surface area contributed by atoms with Gasteiger partial charge in [0.25, 0.3) is 0 Å². The molecule has 0 spiro atoms. The number of para-hydroxylation sites is 1. The third-order valence-electron chi connectivity index (χ3n) is 3.30. The lowest BCUT2D eigenvalue weighted by molar-refractivity contribution is 0.379. The minimum absolute atomic E-state index is 0.163. The molecule has 0 saturated carbocycles. The zero-order valence-electron chi connectivity index (χ0n) is 11.7. The van der Waals surface area contributed by atoms with Crippen molar-refractivity contribution in [1.82, 2.24) is 10.2 Å². The molecule has 1 aliphatic heterocycles. The first kappa shape index (κ1) is 14.8. The van der Waals surface area contributed by atoms with Crippen LogP contribution >= 0.6 is 12.2 Å². The normalized spacial score (nSPS) is 15.1. The molecule has 1 saturated heterocycles. The first-order chi connectivity index (χ1) is 9.58. The van der Waals surface area contributed by atoms with Gasteiger partial charge in [-0.3, -0.25) is 0 Å². The monoisotopic (exact) mass is 293 g/mol. The highest BCUT2D eigenvalue weighted by molar-refractivity contribution is 7.80. The van der Waals surface area contributed by atoms with Gasteiger partial charge in [-0.1, -0.05) is 24.3 Å². The summed E-state index contributed by atoms with van der Waals surface area (Å²) in [5, 5.41) is 3.93. The number of benzene rings is 1. The topological polar surface area (TPSA) is 18.5 Å². The summed E-state index contributed by atoms with van der Waals surface area (Å²) in [5.74, 6) is -0.163. The Labute approximate surface area is 125 Å². The standard InChI is InChI=1S/C15H20FN3S/c1-12(2)11-17-15(20)19-9-7-18(8-10-19)14-6-4-3-5-13(14)16/h3-6H,1,7-11H2,2H3,(H,17,20). The molecule has 2 rings (SSSR count). The van der Waals surface area contributed by atoms with Crippen LogP contribution in [0.25, 0.3) is 0 Å². The molecule has 20 heavy (non-hydrogen) atoms. The smallest absolute Gasteiger partial charge is 0.169 e. The summed E-state index contributed by atoms with van der Waals surface area (Å²) in [7, 11) is 0. The van der Waals surface area contributed by atoms with E-state index in [1.54, 1.807) is 6.07 Å². The number of anilines is 1. The molecule has 1 aromatic carbocycles. The fourth-order valence-electron chi connectivity index (χ4n) is 2.20. The van der Waals surface area contributed by atoms with Gasteiger partial charge >= 0.3 is 0 Å². The summed E-state index contributed by atoms with van der Waals surface area (Å²) in [6.45, 7) is 9.66. The second-order valence-electron chi connectivity index (χ2n) is 5.04. The maximum Gasteiger partial charge on any atom is 0.169 e. The number of rotatable bonds is 3. The summed E-state index contributed by atoms with van der Waals surface area (Å²) in [6, 6.07) is 6.90. The second-order valence-corrected chi connectivity index (χ2v) is 5.43. The first-order valence-corrected chi connectivity index (χ1v) is 7.15. The number of nitrogens with one attached hydrogen (secondary N) is 1. The van der Waals surface area contributed by atoms with Crippen molar-refractivity contribution in [3.05, 3.63) is 42.2 Å². The lowest BCUT2D eigenvalue weighted by Crippen LogP contribution is -2.52. The molecule has 1 aliphatic rings. The molecule has 0 aliphatic carbocycles. The highest BCUT2D eigenvalue weighted by Crippen LogP contribution is 2.20. The van der Waals surface area contributed by atoms with Crippen LogP contribution in [0.4, 0.5) is 10.1 Å². The molecular weight excluding hydrogens is 273 g/mol. The van der Waals surface area contributed by atoms with E-state index >= 15 is 0 Å². The number of nitrogens with zero attached hydrogens (tertiary/aromatic N) is 2. The summed E-state index contributed by atoms with van der Waals surface area (Å²) >= 11 is 5.35. The third-order valence-corrected chi connectivity index (χ3v) is 3.70. The molecule has 5 heteroatoms. The van der Waals surface area contributed by atoms with Crippen molar-refractivity contribution >= 4 is 23.0 Å². The van der Waals surface area contributed by atoms with Crippen LogP contribution in [0.2, 0.25) is 0 Å². The Hall–Kier alpha value is -1.62. The molecule has 1 aromatic rings. The summed E-state index contributed by atoms with van der Waals surface area (Å²) < 4.78 is 13.7. The minimum Gasteiger partial charge on any atom is -0.366 e. The van der Waals surface area contributed by atoms with Gasteiger partial charge in [-0.25, -0.2) is 4.39 Å². The van der Waals surface area contributed by atoms with E-state index in [1.807, 2.05) is 19.1 Å². The molecular formula is C15H20FN3S. The molecule has 108 valence electrons. The number of halogens is 1. The Bertz CT molecular complexity index is 496. The van der Waals surface area contributed by atoms with Gasteiger partial charge in [0.1, 0.15) is 5.82 Å². The van der Waals surface area contributed by atoms with Crippen LogP contribution in [0.5, 0.6) is 0 Å². The molecule has 1 fully saturated rings. The average molecular weight is 293 g/mol. The fourth-order valence-corrected chi connectivity index (χ4v) is 2.45. The molecule has 0 bridgehead atoms. The van der Waals surface area contributed by atoms with Gasteiger partial charge in [0, 0.05) is 32.7 Å². The predicted octanol–water partition coefficient (Wildman–Crippen LogP) is 2.40. The van der Waals surface area contributed by atoms with Gasteiger partial charge in [0.2, 0.25) is 0 Å². The lowest BCUT2D eigenvalue weighted by Gasteiger charge is -2.37.